The smallest absolute Gasteiger partial charge is 0.355 e. The van der Waals surface area contributed by atoms with Crippen LogP contribution < -0.4 is 4.72 Å². The van der Waals surface area contributed by atoms with Crippen molar-refractivity contribution < 1.29 is 30.8 Å². The molecule has 0 bridgehead atoms. The molecule has 0 aliphatic rings. The number of aryl methyl sites for hydroxylation is 1. The minimum atomic E-state index is -4.50. The van der Waals surface area contributed by atoms with Gasteiger partial charge in [-0.1, -0.05) is 25.1 Å². The molecule has 0 saturated heterocycles. The molecule has 32 heavy (non-hydrogen) atoms. The number of hydrogen-bond acceptors (Lipinski definition) is 3. The van der Waals surface area contributed by atoms with Crippen LogP contribution in [0.3, 0.4) is 0 Å². The highest BCUT2D eigenvalue weighted by Crippen LogP contribution is 2.31. The first-order chi connectivity index (χ1) is 14.8. The SMILES string of the molecule is Cc1cc(C(C)c2ccc(NS(C)(=O)=O)cc2F)[nH]c1C(=O)c1ccc(C(F)(F)F)cc1. The molecule has 170 valence electrons. The van der Waals surface area contributed by atoms with Gasteiger partial charge in [0.2, 0.25) is 15.8 Å². The molecule has 0 radical (unpaired) electrons. The van der Waals surface area contributed by atoms with Crippen molar-refractivity contribution in [2.24, 2.45) is 0 Å². The summed E-state index contributed by atoms with van der Waals surface area (Å²) < 4.78 is 77.7. The first kappa shape index (κ1) is 23.5. The molecule has 1 atom stereocenters. The number of halogens is 4. The molecule has 1 aromatic heterocycles. The maximum Gasteiger partial charge on any atom is 0.416 e. The van der Waals surface area contributed by atoms with Crippen LogP contribution in [0.25, 0.3) is 0 Å². The zero-order valence-corrected chi connectivity index (χ0v) is 18.2. The third kappa shape index (κ3) is 5.18. The number of H-pyrrole nitrogens is 1. The fourth-order valence-corrected chi connectivity index (χ4v) is 3.89. The number of alkyl halides is 3. The Bertz CT molecular complexity index is 1260. The molecule has 0 aliphatic heterocycles. The normalized spacial score (nSPS) is 13.1. The molecular weight excluding hydrogens is 448 g/mol. The standard InChI is InChI=1S/C22H20F4N2O3S/c1-12-10-19(13(2)17-9-8-16(11-18(17)23)28-32(3,30)31)27-20(12)21(29)14-4-6-15(7-5-14)22(24,25)26/h4-11,13,27-28H,1-3H3. The second-order valence-electron chi connectivity index (χ2n) is 7.52. The summed E-state index contributed by atoms with van der Waals surface area (Å²) in [6.45, 7) is 3.37. The van der Waals surface area contributed by atoms with E-state index in [1.54, 1.807) is 19.9 Å². The summed E-state index contributed by atoms with van der Waals surface area (Å²) in [5, 5.41) is 0. The lowest BCUT2D eigenvalue weighted by molar-refractivity contribution is -0.137. The van der Waals surface area contributed by atoms with E-state index >= 15 is 0 Å². The van der Waals surface area contributed by atoms with Crippen molar-refractivity contribution in [1.29, 1.82) is 0 Å². The van der Waals surface area contributed by atoms with Gasteiger partial charge in [-0.25, -0.2) is 12.8 Å². The maximum absolute atomic E-state index is 14.6. The number of ketones is 1. The second kappa shape index (κ2) is 8.42. The van der Waals surface area contributed by atoms with Crippen molar-refractivity contribution in [3.8, 4) is 0 Å². The van der Waals surface area contributed by atoms with Crippen LogP contribution in [0.5, 0.6) is 0 Å². The van der Waals surface area contributed by atoms with Gasteiger partial charge in [0.25, 0.3) is 0 Å². The van der Waals surface area contributed by atoms with Crippen LogP contribution in [0, 0.1) is 12.7 Å². The van der Waals surface area contributed by atoms with E-state index in [-0.39, 0.29) is 22.5 Å². The maximum atomic E-state index is 14.6. The van der Waals surface area contributed by atoms with Gasteiger partial charge in [0.15, 0.2) is 0 Å². The van der Waals surface area contributed by atoms with Gasteiger partial charge in [-0.05, 0) is 48.4 Å². The van der Waals surface area contributed by atoms with Crippen molar-refractivity contribution in [2.75, 3.05) is 11.0 Å². The second-order valence-corrected chi connectivity index (χ2v) is 9.27. The Labute approximate surface area is 182 Å². The zero-order valence-electron chi connectivity index (χ0n) is 17.3. The Morgan fingerprint density at radius 2 is 1.69 bits per heavy atom. The number of aromatic amines is 1. The average molecular weight is 468 g/mol. The molecule has 10 heteroatoms. The van der Waals surface area contributed by atoms with E-state index in [1.165, 1.54) is 12.1 Å². The van der Waals surface area contributed by atoms with E-state index in [9.17, 15) is 30.8 Å². The number of benzene rings is 2. The van der Waals surface area contributed by atoms with E-state index in [0.717, 1.165) is 36.6 Å². The van der Waals surface area contributed by atoms with Crippen molar-refractivity contribution in [2.45, 2.75) is 25.9 Å². The highest BCUT2D eigenvalue weighted by Gasteiger charge is 2.30. The van der Waals surface area contributed by atoms with Crippen LogP contribution in [-0.4, -0.2) is 25.4 Å². The van der Waals surface area contributed by atoms with Gasteiger partial charge >= 0.3 is 6.18 Å². The predicted octanol–water partition coefficient (Wildman–Crippen LogP) is 5.24. The summed E-state index contributed by atoms with van der Waals surface area (Å²) >= 11 is 0. The highest BCUT2D eigenvalue weighted by molar-refractivity contribution is 7.92. The van der Waals surface area contributed by atoms with Gasteiger partial charge in [-0.15, -0.1) is 0 Å². The molecule has 0 aliphatic carbocycles. The summed E-state index contributed by atoms with van der Waals surface area (Å²) in [7, 11) is -3.55. The third-order valence-corrected chi connectivity index (χ3v) is 5.58. The fourth-order valence-electron chi connectivity index (χ4n) is 3.33. The van der Waals surface area contributed by atoms with Gasteiger partial charge in [0.05, 0.1) is 23.2 Å². The first-order valence-electron chi connectivity index (χ1n) is 9.45. The van der Waals surface area contributed by atoms with Crippen molar-refractivity contribution >= 4 is 21.5 Å². The third-order valence-electron chi connectivity index (χ3n) is 4.97. The molecule has 1 heterocycles. The minimum Gasteiger partial charge on any atom is -0.355 e. The summed E-state index contributed by atoms with van der Waals surface area (Å²) in [5.41, 5.74) is 0.886. The van der Waals surface area contributed by atoms with Crippen LogP contribution in [0.15, 0.2) is 48.5 Å². The van der Waals surface area contributed by atoms with Gasteiger partial charge in [0, 0.05) is 17.2 Å². The molecule has 2 aromatic carbocycles. The van der Waals surface area contributed by atoms with Crippen molar-refractivity contribution in [3.05, 3.63) is 88.0 Å². The molecule has 3 aromatic rings. The van der Waals surface area contributed by atoms with E-state index < -0.39 is 39.3 Å². The summed E-state index contributed by atoms with van der Waals surface area (Å²) in [4.78, 5) is 15.7. The number of rotatable bonds is 6. The number of carbonyl (C=O) groups excluding carboxylic acids is 1. The number of carbonyl (C=O) groups is 1. The number of nitrogens with one attached hydrogen (secondary N) is 2. The number of sulfonamides is 1. The van der Waals surface area contributed by atoms with Crippen LogP contribution in [0.4, 0.5) is 23.2 Å². The lowest BCUT2D eigenvalue weighted by Crippen LogP contribution is -2.10. The van der Waals surface area contributed by atoms with Gasteiger partial charge in [-0.2, -0.15) is 13.2 Å². The predicted molar refractivity (Wildman–Crippen MR) is 113 cm³/mol. The zero-order chi connectivity index (χ0) is 23.8. The Balaban J connectivity index is 1.87. The van der Waals surface area contributed by atoms with Crippen LogP contribution in [0.2, 0.25) is 0 Å². The fraction of sp³-hybridized carbons (Fsp3) is 0.227. The van der Waals surface area contributed by atoms with E-state index in [0.29, 0.717) is 11.3 Å². The number of anilines is 1. The Hall–Kier alpha value is -3.14. The van der Waals surface area contributed by atoms with Gasteiger partial charge in [-0.3, -0.25) is 9.52 Å². The molecule has 0 spiro atoms. The molecular formula is C22H20F4N2O3S. The van der Waals surface area contributed by atoms with Gasteiger partial charge < -0.3 is 4.98 Å². The molecule has 0 saturated carbocycles. The van der Waals surface area contributed by atoms with E-state index in [4.69, 9.17) is 0 Å². The summed E-state index contributed by atoms with van der Waals surface area (Å²) in [6, 6.07) is 9.53. The Kier molecular flexibility index (Phi) is 6.19. The minimum absolute atomic E-state index is 0.0850. The Morgan fingerprint density at radius 3 is 2.22 bits per heavy atom. The topological polar surface area (TPSA) is 79.0 Å². The van der Waals surface area contributed by atoms with Crippen molar-refractivity contribution in [3.63, 3.8) is 0 Å². The summed E-state index contributed by atoms with van der Waals surface area (Å²) in [5.74, 6) is -1.62. The molecule has 5 nitrogen and oxygen atoms in total. The molecule has 1 unspecified atom stereocenters. The largest absolute Gasteiger partial charge is 0.416 e. The summed E-state index contributed by atoms with van der Waals surface area (Å²) in [6.07, 6.45) is -3.54. The van der Waals surface area contributed by atoms with E-state index in [2.05, 4.69) is 9.71 Å². The Morgan fingerprint density at radius 1 is 1.06 bits per heavy atom. The lowest BCUT2D eigenvalue weighted by atomic mass is 9.97. The van der Waals surface area contributed by atoms with Gasteiger partial charge in [0.1, 0.15) is 5.82 Å². The quantitative estimate of drug-likeness (QED) is 0.384. The molecule has 3 rings (SSSR count). The molecule has 0 amide bonds. The molecule has 0 fully saturated rings. The monoisotopic (exact) mass is 468 g/mol. The van der Waals surface area contributed by atoms with Crippen LogP contribution in [-0.2, 0) is 16.2 Å². The first-order valence-corrected chi connectivity index (χ1v) is 11.3. The number of hydrogen-bond donors (Lipinski definition) is 2. The average Bonchev–Trinajstić information content (AvgIpc) is 3.07. The van der Waals surface area contributed by atoms with Crippen LogP contribution >= 0.6 is 0 Å². The van der Waals surface area contributed by atoms with E-state index in [1.807, 2.05) is 0 Å². The van der Waals surface area contributed by atoms with Crippen LogP contribution in [0.1, 0.15) is 51.3 Å². The lowest BCUT2D eigenvalue weighted by Gasteiger charge is -2.13. The molecule has 2 N–H and O–H groups in total. The van der Waals surface area contributed by atoms with Crippen molar-refractivity contribution in [1.82, 2.24) is 4.98 Å². The highest BCUT2D eigenvalue weighted by atomic mass is 32.2. The number of aromatic nitrogens is 1.